The molecular formula is C74H47NO2. The van der Waals surface area contributed by atoms with Gasteiger partial charge in [-0.2, -0.15) is 0 Å². The zero-order valence-electron chi connectivity index (χ0n) is 41.9. The van der Waals surface area contributed by atoms with Crippen LogP contribution in [0.25, 0.3) is 66.4 Å². The molecule has 3 aliphatic rings. The van der Waals surface area contributed by atoms with Gasteiger partial charge in [0.05, 0.1) is 21.9 Å². The van der Waals surface area contributed by atoms with Crippen molar-refractivity contribution in [2.45, 2.75) is 10.8 Å². The Bertz CT molecular complexity index is 4420. The molecule has 3 nitrogen and oxygen atoms in total. The van der Waals surface area contributed by atoms with Crippen molar-refractivity contribution < 1.29 is 9.15 Å². The molecule has 0 unspecified atom stereocenters. The third-order valence-electron chi connectivity index (χ3n) is 16.8. The average Bonchev–Trinajstić information content (AvgIpc) is 4.23. The van der Waals surface area contributed by atoms with Gasteiger partial charge in [-0.1, -0.05) is 218 Å². The lowest BCUT2D eigenvalue weighted by molar-refractivity contribution is 0.436. The highest BCUT2D eigenvalue weighted by Crippen LogP contribution is 2.63. The van der Waals surface area contributed by atoms with Gasteiger partial charge in [0.1, 0.15) is 22.7 Å². The Hall–Kier alpha value is -9.96. The SMILES string of the molecule is c1ccc(-c2cccc(C3(c4cccc(N(c5ccc6c(c5)C5(c7ccccc7O6)c6ccccc6-c6ccccc65)c5cccc6oc7ccc(-c8ccccc8)cc7c56)c4)c4ccccc4-c4ccccc43)c2)cc1. The standard InChI is InChI=1S/C74H47NO2/c1-3-20-48(21-4-1)50-24-17-25-52(44-50)73(61-32-11-7-28-56(61)57-29-8-12-33-62(57)73)53-26-18-27-54(46-53)75(67-37-19-39-71-72(67)60-45-51(40-42-68(60)76-71)49-22-5-2-6-23-49)55-41-43-70-66(47-55)74(65-36-15-16-38-69(65)77-70)63-34-13-9-30-58(63)59-31-10-14-35-64(59)74/h1-47H. The molecule has 0 bridgehead atoms. The van der Waals surface area contributed by atoms with Gasteiger partial charge in [0, 0.05) is 27.9 Å². The van der Waals surface area contributed by atoms with Crippen LogP contribution in [0.5, 0.6) is 11.5 Å². The lowest BCUT2D eigenvalue weighted by Gasteiger charge is -2.40. The number of nitrogens with zero attached hydrogens (tertiary/aromatic N) is 1. The summed E-state index contributed by atoms with van der Waals surface area (Å²) >= 11 is 0. The molecule has 1 aromatic heterocycles. The smallest absolute Gasteiger partial charge is 0.137 e. The van der Waals surface area contributed by atoms with E-state index in [1.54, 1.807) is 0 Å². The van der Waals surface area contributed by atoms with Crippen molar-refractivity contribution in [1.82, 2.24) is 0 Å². The highest BCUT2D eigenvalue weighted by molar-refractivity contribution is 6.14. The maximum Gasteiger partial charge on any atom is 0.137 e. The first-order chi connectivity index (χ1) is 38.2. The minimum absolute atomic E-state index is 0.662. The minimum Gasteiger partial charge on any atom is -0.457 e. The normalized spacial score (nSPS) is 13.8. The van der Waals surface area contributed by atoms with E-state index in [0.29, 0.717) is 0 Å². The number of benzene rings is 12. The molecular weight excluding hydrogens is 935 g/mol. The summed E-state index contributed by atoms with van der Waals surface area (Å²) in [5.74, 6) is 1.70. The highest BCUT2D eigenvalue weighted by Gasteiger charge is 2.51. The number of ether oxygens (including phenoxy) is 1. The third kappa shape index (κ3) is 6.20. The number of fused-ring (bicyclic) bond motifs is 15. The molecule has 13 aromatic rings. The topological polar surface area (TPSA) is 25.6 Å². The van der Waals surface area contributed by atoms with Gasteiger partial charge in [0.15, 0.2) is 0 Å². The van der Waals surface area contributed by atoms with Crippen LogP contribution in [-0.4, -0.2) is 0 Å². The van der Waals surface area contributed by atoms with Crippen LogP contribution in [0.2, 0.25) is 0 Å². The predicted octanol–water partition coefficient (Wildman–Crippen LogP) is 19.2. The second kappa shape index (κ2) is 16.8. The summed E-state index contributed by atoms with van der Waals surface area (Å²) in [6.07, 6.45) is 0. The molecule has 0 radical (unpaired) electrons. The molecule has 0 atom stereocenters. The summed E-state index contributed by atoms with van der Waals surface area (Å²) < 4.78 is 13.9. The fraction of sp³-hybridized carbons (Fsp3) is 0.0270. The summed E-state index contributed by atoms with van der Waals surface area (Å²) in [6, 6.07) is 104. The molecule has 0 saturated carbocycles. The Morgan fingerprint density at radius 2 is 0.779 bits per heavy atom. The molecule has 360 valence electrons. The summed E-state index contributed by atoms with van der Waals surface area (Å²) in [6.45, 7) is 0. The summed E-state index contributed by atoms with van der Waals surface area (Å²) in [7, 11) is 0. The van der Waals surface area contributed by atoms with Gasteiger partial charge in [-0.25, -0.2) is 0 Å². The summed E-state index contributed by atoms with van der Waals surface area (Å²) in [4.78, 5) is 2.47. The fourth-order valence-corrected chi connectivity index (χ4v) is 13.7. The van der Waals surface area contributed by atoms with E-state index in [9.17, 15) is 0 Å². The quantitative estimate of drug-likeness (QED) is 0.159. The number of anilines is 3. The monoisotopic (exact) mass is 981 g/mol. The molecule has 2 aliphatic carbocycles. The minimum atomic E-state index is -0.673. The summed E-state index contributed by atoms with van der Waals surface area (Å²) in [5, 5.41) is 2.09. The van der Waals surface area contributed by atoms with Crippen molar-refractivity contribution in [3.8, 4) is 56.0 Å². The highest BCUT2D eigenvalue weighted by atomic mass is 16.5. The first-order valence-electron chi connectivity index (χ1n) is 26.6. The van der Waals surface area contributed by atoms with Gasteiger partial charge in [0.2, 0.25) is 0 Å². The van der Waals surface area contributed by atoms with Crippen LogP contribution in [0.15, 0.2) is 290 Å². The van der Waals surface area contributed by atoms with Crippen molar-refractivity contribution in [3.05, 3.63) is 330 Å². The Morgan fingerprint density at radius 3 is 1.43 bits per heavy atom. The van der Waals surface area contributed by atoms with Gasteiger partial charge < -0.3 is 14.1 Å². The maximum absolute atomic E-state index is 7.03. The third-order valence-corrected chi connectivity index (χ3v) is 16.8. The first kappa shape index (κ1) is 43.4. The van der Waals surface area contributed by atoms with E-state index in [4.69, 9.17) is 9.15 Å². The van der Waals surface area contributed by atoms with Crippen LogP contribution in [0.1, 0.15) is 44.5 Å². The first-order valence-corrected chi connectivity index (χ1v) is 26.6. The Kier molecular flexibility index (Phi) is 9.47. The van der Waals surface area contributed by atoms with Crippen LogP contribution in [-0.2, 0) is 10.8 Å². The van der Waals surface area contributed by atoms with Crippen LogP contribution in [0.4, 0.5) is 17.1 Å². The Balaban J connectivity index is 0.990. The van der Waals surface area contributed by atoms with E-state index in [1.165, 1.54) is 66.8 Å². The van der Waals surface area contributed by atoms with Gasteiger partial charge >= 0.3 is 0 Å². The second-order valence-electron chi connectivity index (χ2n) is 20.6. The van der Waals surface area contributed by atoms with E-state index >= 15 is 0 Å². The van der Waals surface area contributed by atoms with E-state index < -0.39 is 10.8 Å². The molecule has 0 amide bonds. The number of para-hydroxylation sites is 1. The van der Waals surface area contributed by atoms with Crippen LogP contribution < -0.4 is 9.64 Å². The van der Waals surface area contributed by atoms with E-state index in [-0.39, 0.29) is 0 Å². The molecule has 0 saturated heterocycles. The van der Waals surface area contributed by atoms with Gasteiger partial charge in [-0.05, 0) is 145 Å². The van der Waals surface area contributed by atoms with Crippen LogP contribution in [0.3, 0.4) is 0 Å². The molecule has 1 spiro atoms. The van der Waals surface area contributed by atoms with Crippen LogP contribution in [0, 0.1) is 0 Å². The molecule has 12 aromatic carbocycles. The van der Waals surface area contributed by atoms with E-state index in [1.807, 2.05) is 0 Å². The average molecular weight is 982 g/mol. The zero-order valence-corrected chi connectivity index (χ0v) is 41.9. The molecule has 0 N–H and O–H groups in total. The number of rotatable bonds is 7. The lowest BCUT2D eigenvalue weighted by atomic mass is 9.66. The predicted molar refractivity (Wildman–Crippen MR) is 314 cm³/mol. The van der Waals surface area contributed by atoms with Crippen molar-refractivity contribution in [2.24, 2.45) is 0 Å². The molecule has 77 heavy (non-hydrogen) atoms. The summed E-state index contributed by atoms with van der Waals surface area (Å²) in [5.41, 5.74) is 22.6. The fourth-order valence-electron chi connectivity index (χ4n) is 13.7. The molecule has 0 fully saturated rings. The zero-order chi connectivity index (χ0) is 50.7. The maximum atomic E-state index is 7.03. The number of furan rings is 1. The van der Waals surface area contributed by atoms with Gasteiger partial charge in [-0.15, -0.1) is 0 Å². The Labute approximate surface area is 447 Å². The molecule has 1 aliphatic heterocycles. The molecule has 2 heterocycles. The van der Waals surface area contributed by atoms with Crippen LogP contribution >= 0.6 is 0 Å². The van der Waals surface area contributed by atoms with Crippen molar-refractivity contribution in [3.63, 3.8) is 0 Å². The van der Waals surface area contributed by atoms with E-state index in [2.05, 4.69) is 290 Å². The van der Waals surface area contributed by atoms with Gasteiger partial charge in [0.25, 0.3) is 0 Å². The molecule has 3 heteroatoms. The van der Waals surface area contributed by atoms with Crippen molar-refractivity contribution in [1.29, 1.82) is 0 Å². The van der Waals surface area contributed by atoms with Crippen molar-refractivity contribution in [2.75, 3.05) is 4.90 Å². The lowest BCUT2D eigenvalue weighted by Crippen LogP contribution is -2.32. The number of hydrogen-bond donors (Lipinski definition) is 0. The largest absolute Gasteiger partial charge is 0.457 e. The van der Waals surface area contributed by atoms with Gasteiger partial charge in [-0.3, -0.25) is 0 Å². The van der Waals surface area contributed by atoms with E-state index in [0.717, 1.165) is 72.8 Å². The number of hydrogen-bond acceptors (Lipinski definition) is 3. The Morgan fingerprint density at radius 1 is 0.286 bits per heavy atom. The molecule has 16 rings (SSSR count). The second-order valence-corrected chi connectivity index (χ2v) is 20.6. The van der Waals surface area contributed by atoms with Crippen molar-refractivity contribution >= 4 is 39.0 Å².